The van der Waals surface area contributed by atoms with E-state index in [1.807, 2.05) is 18.2 Å². The number of hydrogen-bond donors (Lipinski definition) is 1. The van der Waals surface area contributed by atoms with E-state index in [0.29, 0.717) is 6.61 Å². The van der Waals surface area contributed by atoms with Gasteiger partial charge in [0.25, 0.3) is 0 Å². The summed E-state index contributed by atoms with van der Waals surface area (Å²) in [5.74, 6) is 0.443. The van der Waals surface area contributed by atoms with Gasteiger partial charge in [0.05, 0.1) is 6.20 Å². The highest BCUT2D eigenvalue weighted by molar-refractivity contribution is 5.40. The number of nitrogens with two attached hydrogens (primary N) is 1. The van der Waals surface area contributed by atoms with Crippen molar-refractivity contribution in [3.05, 3.63) is 59.2 Å². The van der Waals surface area contributed by atoms with E-state index in [9.17, 15) is 4.39 Å². The van der Waals surface area contributed by atoms with Crippen LogP contribution in [-0.4, -0.2) is 4.98 Å². The van der Waals surface area contributed by atoms with Gasteiger partial charge in [-0.25, -0.2) is 4.39 Å². The standard InChI is InChI=1S/C15H15FN2O/c16-12-5-10(7-18-8-12)9-19-13-2-3-14-11(6-13)1-4-15(14)17/h2-3,5-8,15H,1,4,9,17H2/t15-/m0/s1. The highest BCUT2D eigenvalue weighted by atomic mass is 19.1. The van der Waals surface area contributed by atoms with Crippen LogP contribution in [0.5, 0.6) is 5.75 Å². The molecule has 2 N–H and O–H groups in total. The number of halogens is 1. The second kappa shape index (κ2) is 4.97. The number of ether oxygens (including phenoxy) is 1. The van der Waals surface area contributed by atoms with Crippen LogP contribution >= 0.6 is 0 Å². The van der Waals surface area contributed by atoms with Gasteiger partial charge in [-0.3, -0.25) is 4.98 Å². The van der Waals surface area contributed by atoms with Gasteiger partial charge in [0.15, 0.2) is 0 Å². The van der Waals surface area contributed by atoms with Crippen LogP contribution in [0.2, 0.25) is 0 Å². The number of pyridine rings is 1. The Morgan fingerprint density at radius 3 is 3.05 bits per heavy atom. The van der Waals surface area contributed by atoms with Crippen LogP contribution in [0, 0.1) is 5.82 Å². The van der Waals surface area contributed by atoms with Gasteiger partial charge < -0.3 is 10.5 Å². The number of benzene rings is 1. The molecule has 4 heteroatoms. The molecule has 0 aliphatic heterocycles. The molecule has 3 nitrogen and oxygen atoms in total. The van der Waals surface area contributed by atoms with E-state index >= 15 is 0 Å². The molecule has 1 atom stereocenters. The Bertz CT molecular complexity index is 600. The number of aromatic nitrogens is 1. The fraction of sp³-hybridized carbons (Fsp3) is 0.267. The van der Waals surface area contributed by atoms with E-state index in [2.05, 4.69) is 4.98 Å². The normalized spacial score (nSPS) is 17.3. The Hall–Kier alpha value is -1.94. The lowest BCUT2D eigenvalue weighted by atomic mass is 10.1. The van der Waals surface area contributed by atoms with Gasteiger partial charge in [-0.2, -0.15) is 0 Å². The SMILES string of the molecule is N[C@H]1CCc2cc(OCc3cncc(F)c3)ccc21. The summed E-state index contributed by atoms with van der Waals surface area (Å²) in [5.41, 5.74) is 9.17. The predicted octanol–water partition coefficient (Wildman–Crippen LogP) is 2.75. The summed E-state index contributed by atoms with van der Waals surface area (Å²) in [7, 11) is 0. The zero-order valence-corrected chi connectivity index (χ0v) is 10.5. The molecule has 0 saturated carbocycles. The summed E-state index contributed by atoms with van der Waals surface area (Å²) in [6.45, 7) is 0.315. The van der Waals surface area contributed by atoms with Crippen LogP contribution in [0.25, 0.3) is 0 Å². The van der Waals surface area contributed by atoms with E-state index in [4.69, 9.17) is 10.5 Å². The summed E-state index contributed by atoms with van der Waals surface area (Å²) >= 11 is 0. The van der Waals surface area contributed by atoms with E-state index in [0.717, 1.165) is 24.2 Å². The quantitative estimate of drug-likeness (QED) is 0.920. The van der Waals surface area contributed by atoms with E-state index in [-0.39, 0.29) is 11.9 Å². The fourth-order valence-corrected chi connectivity index (χ4v) is 2.42. The molecule has 0 fully saturated rings. The molecular weight excluding hydrogens is 243 g/mol. The molecule has 19 heavy (non-hydrogen) atoms. The summed E-state index contributed by atoms with van der Waals surface area (Å²) in [6.07, 6.45) is 4.77. The van der Waals surface area contributed by atoms with Gasteiger partial charge in [-0.1, -0.05) is 6.07 Å². The van der Waals surface area contributed by atoms with Gasteiger partial charge in [0.1, 0.15) is 18.2 Å². The minimum Gasteiger partial charge on any atom is -0.489 e. The molecule has 98 valence electrons. The molecule has 1 aliphatic rings. The Balaban J connectivity index is 1.71. The molecule has 0 saturated heterocycles. The van der Waals surface area contributed by atoms with Crippen molar-refractivity contribution in [3.63, 3.8) is 0 Å². The minimum absolute atomic E-state index is 0.150. The molecule has 2 aromatic rings. The number of aryl methyl sites for hydroxylation is 1. The summed E-state index contributed by atoms with van der Waals surface area (Å²) < 4.78 is 18.6. The molecule has 0 radical (unpaired) electrons. The lowest BCUT2D eigenvalue weighted by Gasteiger charge is -2.09. The Kier molecular flexibility index (Phi) is 3.17. The Morgan fingerprint density at radius 2 is 2.21 bits per heavy atom. The molecule has 3 rings (SSSR count). The molecule has 0 spiro atoms. The number of hydrogen-bond acceptors (Lipinski definition) is 3. The zero-order chi connectivity index (χ0) is 13.2. The van der Waals surface area contributed by atoms with Crippen LogP contribution in [0.4, 0.5) is 4.39 Å². The van der Waals surface area contributed by atoms with Crippen molar-refractivity contribution in [2.24, 2.45) is 5.73 Å². The first-order valence-corrected chi connectivity index (χ1v) is 6.33. The van der Waals surface area contributed by atoms with Crippen molar-refractivity contribution in [3.8, 4) is 5.75 Å². The van der Waals surface area contributed by atoms with Crippen molar-refractivity contribution in [1.29, 1.82) is 0 Å². The van der Waals surface area contributed by atoms with Gasteiger partial charge in [-0.05, 0) is 42.2 Å². The molecule has 0 amide bonds. The van der Waals surface area contributed by atoms with Gasteiger partial charge in [0, 0.05) is 17.8 Å². The first-order valence-electron chi connectivity index (χ1n) is 6.33. The highest BCUT2D eigenvalue weighted by Gasteiger charge is 2.19. The van der Waals surface area contributed by atoms with Crippen molar-refractivity contribution < 1.29 is 9.13 Å². The third-order valence-electron chi connectivity index (χ3n) is 3.41. The highest BCUT2D eigenvalue weighted by Crippen LogP contribution is 2.31. The zero-order valence-electron chi connectivity index (χ0n) is 10.5. The molecule has 1 aliphatic carbocycles. The van der Waals surface area contributed by atoms with Crippen molar-refractivity contribution in [2.45, 2.75) is 25.5 Å². The van der Waals surface area contributed by atoms with Crippen molar-refractivity contribution in [1.82, 2.24) is 4.98 Å². The topological polar surface area (TPSA) is 48.1 Å². The van der Waals surface area contributed by atoms with E-state index in [1.54, 1.807) is 6.20 Å². The van der Waals surface area contributed by atoms with Crippen LogP contribution < -0.4 is 10.5 Å². The summed E-state index contributed by atoms with van der Waals surface area (Å²) in [5, 5.41) is 0. The van der Waals surface area contributed by atoms with Crippen LogP contribution in [0.15, 0.2) is 36.7 Å². The second-order valence-corrected chi connectivity index (χ2v) is 4.81. The first-order chi connectivity index (χ1) is 9.22. The van der Waals surface area contributed by atoms with E-state index < -0.39 is 0 Å². The number of nitrogens with zero attached hydrogens (tertiary/aromatic N) is 1. The maximum absolute atomic E-state index is 13.0. The third kappa shape index (κ3) is 2.58. The molecule has 1 aromatic carbocycles. The maximum Gasteiger partial charge on any atom is 0.141 e. The summed E-state index contributed by atoms with van der Waals surface area (Å²) in [4.78, 5) is 3.79. The average molecular weight is 258 g/mol. The molecular formula is C15H15FN2O. The van der Waals surface area contributed by atoms with Gasteiger partial charge in [0.2, 0.25) is 0 Å². The van der Waals surface area contributed by atoms with Crippen LogP contribution in [0.1, 0.15) is 29.2 Å². The lowest BCUT2D eigenvalue weighted by molar-refractivity contribution is 0.304. The molecule has 0 unspecified atom stereocenters. The minimum atomic E-state index is -0.346. The third-order valence-corrected chi connectivity index (χ3v) is 3.41. The lowest BCUT2D eigenvalue weighted by Crippen LogP contribution is -2.05. The van der Waals surface area contributed by atoms with Crippen molar-refractivity contribution >= 4 is 0 Å². The van der Waals surface area contributed by atoms with Gasteiger partial charge in [-0.15, -0.1) is 0 Å². The Labute approximate surface area is 111 Å². The van der Waals surface area contributed by atoms with Crippen LogP contribution in [0.3, 0.4) is 0 Å². The predicted molar refractivity (Wildman–Crippen MR) is 70.2 cm³/mol. The van der Waals surface area contributed by atoms with E-state index in [1.165, 1.54) is 23.4 Å². The number of fused-ring (bicyclic) bond motifs is 1. The molecule has 1 aromatic heterocycles. The maximum atomic E-state index is 13.0. The second-order valence-electron chi connectivity index (χ2n) is 4.81. The molecule has 0 bridgehead atoms. The van der Waals surface area contributed by atoms with Crippen molar-refractivity contribution in [2.75, 3.05) is 0 Å². The monoisotopic (exact) mass is 258 g/mol. The summed E-state index contributed by atoms with van der Waals surface area (Å²) in [6, 6.07) is 7.53. The van der Waals surface area contributed by atoms with Gasteiger partial charge >= 0.3 is 0 Å². The fourth-order valence-electron chi connectivity index (χ4n) is 2.42. The largest absolute Gasteiger partial charge is 0.489 e. The molecule has 1 heterocycles. The van der Waals surface area contributed by atoms with Crippen LogP contribution in [-0.2, 0) is 13.0 Å². The average Bonchev–Trinajstić information content (AvgIpc) is 2.78. The number of rotatable bonds is 3. The Morgan fingerprint density at radius 1 is 1.32 bits per heavy atom. The first kappa shape index (κ1) is 12.1. The smallest absolute Gasteiger partial charge is 0.141 e.